The van der Waals surface area contributed by atoms with E-state index in [2.05, 4.69) is 12.2 Å². The zero-order valence-electron chi connectivity index (χ0n) is 10.9. The monoisotopic (exact) mass is 240 g/mol. The van der Waals surface area contributed by atoms with Crippen molar-refractivity contribution in [3.63, 3.8) is 0 Å². The third-order valence-corrected chi connectivity index (χ3v) is 3.99. The van der Waals surface area contributed by atoms with Gasteiger partial charge >= 0.3 is 0 Å². The maximum atomic E-state index is 12.4. The standard InChI is InChI=1S/C13H24N2O2/c1-3-15(9-11-5-4-7-14-11)13(16)12-6-8-17-10(12)2/h10-12,14H,3-9H2,1-2H3. The molecule has 4 heteroatoms. The van der Waals surface area contributed by atoms with Crippen LogP contribution in [0.15, 0.2) is 0 Å². The molecule has 0 spiro atoms. The fourth-order valence-electron chi connectivity index (χ4n) is 2.84. The van der Waals surface area contributed by atoms with Gasteiger partial charge in [0.05, 0.1) is 12.0 Å². The summed E-state index contributed by atoms with van der Waals surface area (Å²) in [6.07, 6.45) is 3.40. The number of rotatable bonds is 4. The summed E-state index contributed by atoms with van der Waals surface area (Å²) in [4.78, 5) is 14.4. The average Bonchev–Trinajstić information content (AvgIpc) is 2.96. The van der Waals surface area contributed by atoms with E-state index in [1.165, 1.54) is 12.8 Å². The Bertz CT molecular complexity index is 264. The smallest absolute Gasteiger partial charge is 0.228 e. The topological polar surface area (TPSA) is 41.6 Å². The zero-order chi connectivity index (χ0) is 12.3. The summed E-state index contributed by atoms with van der Waals surface area (Å²) in [5.41, 5.74) is 0. The minimum atomic E-state index is 0.0800. The van der Waals surface area contributed by atoms with Gasteiger partial charge in [0.2, 0.25) is 5.91 Å². The van der Waals surface area contributed by atoms with Gasteiger partial charge in [-0.2, -0.15) is 0 Å². The molecule has 4 nitrogen and oxygen atoms in total. The third-order valence-electron chi connectivity index (χ3n) is 3.99. The summed E-state index contributed by atoms with van der Waals surface area (Å²) in [6.45, 7) is 7.57. The molecule has 0 radical (unpaired) electrons. The fourth-order valence-corrected chi connectivity index (χ4v) is 2.84. The van der Waals surface area contributed by atoms with E-state index >= 15 is 0 Å². The maximum absolute atomic E-state index is 12.4. The predicted octanol–water partition coefficient (Wildman–Crippen LogP) is 1.01. The number of nitrogens with zero attached hydrogens (tertiary/aromatic N) is 1. The molecular weight excluding hydrogens is 216 g/mol. The number of ether oxygens (including phenoxy) is 1. The molecule has 0 aromatic rings. The van der Waals surface area contributed by atoms with Crippen LogP contribution in [0.25, 0.3) is 0 Å². The van der Waals surface area contributed by atoms with E-state index in [1.54, 1.807) is 0 Å². The highest BCUT2D eigenvalue weighted by atomic mass is 16.5. The fraction of sp³-hybridized carbons (Fsp3) is 0.923. The molecule has 0 bridgehead atoms. The molecule has 2 fully saturated rings. The van der Waals surface area contributed by atoms with Crippen LogP contribution in [0.3, 0.4) is 0 Å². The van der Waals surface area contributed by atoms with E-state index in [4.69, 9.17) is 4.74 Å². The van der Waals surface area contributed by atoms with E-state index in [-0.39, 0.29) is 17.9 Å². The van der Waals surface area contributed by atoms with Gasteiger partial charge in [-0.25, -0.2) is 0 Å². The van der Waals surface area contributed by atoms with Crippen molar-refractivity contribution in [1.82, 2.24) is 10.2 Å². The Morgan fingerprint density at radius 1 is 1.47 bits per heavy atom. The minimum Gasteiger partial charge on any atom is -0.378 e. The van der Waals surface area contributed by atoms with Crippen LogP contribution in [-0.2, 0) is 9.53 Å². The summed E-state index contributed by atoms with van der Waals surface area (Å²) in [5, 5.41) is 3.45. The third kappa shape index (κ3) is 2.99. The number of nitrogens with one attached hydrogen (secondary N) is 1. The number of likely N-dealkylation sites (N-methyl/N-ethyl adjacent to an activating group) is 1. The first-order valence-electron chi connectivity index (χ1n) is 6.86. The van der Waals surface area contributed by atoms with Crippen LogP contribution in [0.4, 0.5) is 0 Å². The Balaban J connectivity index is 1.89. The number of carbonyl (C=O) groups excluding carboxylic acids is 1. The molecule has 98 valence electrons. The SMILES string of the molecule is CCN(CC1CCCN1)C(=O)C1CCOC1C. The van der Waals surface area contributed by atoms with Crippen LogP contribution in [0.1, 0.15) is 33.1 Å². The normalized spacial score (nSPS) is 32.9. The van der Waals surface area contributed by atoms with Gasteiger partial charge in [-0.05, 0) is 39.7 Å². The summed E-state index contributed by atoms with van der Waals surface area (Å²) in [6, 6.07) is 0.497. The minimum absolute atomic E-state index is 0.0800. The second kappa shape index (κ2) is 5.83. The molecule has 2 saturated heterocycles. The Hall–Kier alpha value is -0.610. The Morgan fingerprint density at radius 2 is 2.29 bits per heavy atom. The van der Waals surface area contributed by atoms with E-state index in [0.29, 0.717) is 6.04 Å². The highest BCUT2D eigenvalue weighted by Gasteiger charge is 2.34. The van der Waals surface area contributed by atoms with E-state index < -0.39 is 0 Å². The Kier molecular flexibility index (Phi) is 4.40. The number of amides is 1. The molecule has 17 heavy (non-hydrogen) atoms. The number of hydrogen-bond acceptors (Lipinski definition) is 3. The van der Waals surface area contributed by atoms with Gasteiger partial charge in [-0.1, -0.05) is 0 Å². The maximum Gasteiger partial charge on any atom is 0.228 e. The molecular formula is C13H24N2O2. The van der Waals surface area contributed by atoms with Crippen molar-refractivity contribution in [2.24, 2.45) is 5.92 Å². The van der Waals surface area contributed by atoms with Gasteiger partial charge in [0.15, 0.2) is 0 Å². The summed E-state index contributed by atoms with van der Waals surface area (Å²) in [7, 11) is 0. The molecule has 0 aromatic carbocycles. The molecule has 1 N–H and O–H groups in total. The van der Waals surface area contributed by atoms with Crippen molar-refractivity contribution in [2.45, 2.75) is 45.3 Å². The van der Waals surface area contributed by atoms with Crippen molar-refractivity contribution < 1.29 is 9.53 Å². The Morgan fingerprint density at radius 3 is 2.82 bits per heavy atom. The molecule has 1 amide bonds. The lowest BCUT2D eigenvalue weighted by molar-refractivity contribution is -0.137. The summed E-state index contributed by atoms with van der Waals surface area (Å²) >= 11 is 0. The highest BCUT2D eigenvalue weighted by molar-refractivity contribution is 5.79. The first-order valence-corrected chi connectivity index (χ1v) is 6.86. The van der Waals surface area contributed by atoms with Gasteiger partial charge in [0.25, 0.3) is 0 Å². The van der Waals surface area contributed by atoms with Crippen LogP contribution in [0.5, 0.6) is 0 Å². The predicted molar refractivity (Wildman–Crippen MR) is 66.8 cm³/mol. The summed E-state index contributed by atoms with van der Waals surface area (Å²) < 4.78 is 5.49. The second-order valence-electron chi connectivity index (χ2n) is 5.14. The van der Waals surface area contributed by atoms with Crippen molar-refractivity contribution >= 4 is 5.91 Å². The van der Waals surface area contributed by atoms with Gasteiger partial charge in [0, 0.05) is 25.7 Å². The lowest BCUT2D eigenvalue weighted by Gasteiger charge is -2.28. The van der Waals surface area contributed by atoms with Gasteiger partial charge < -0.3 is 15.0 Å². The lowest BCUT2D eigenvalue weighted by atomic mass is 10.0. The molecule has 2 aliphatic heterocycles. The molecule has 3 unspecified atom stereocenters. The van der Waals surface area contributed by atoms with Gasteiger partial charge in [-0.15, -0.1) is 0 Å². The van der Waals surface area contributed by atoms with E-state index in [1.807, 2.05) is 11.8 Å². The average molecular weight is 240 g/mol. The Labute approximate surface area is 104 Å². The zero-order valence-corrected chi connectivity index (χ0v) is 10.9. The van der Waals surface area contributed by atoms with Crippen molar-refractivity contribution in [3.05, 3.63) is 0 Å². The molecule has 2 heterocycles. The van der Waals surface area contributed by atoms with Gasteiger partial charge in [-0.3, -0.25) is 4.79 Å². The van der Waals surface area contributed by atoms with Crippen LogP contribution in [0.2, 0.25) is 0 Å². The molecule has 2 rings (SSSR count). The second-order valence-corrected chi connectivity index (χ2v) is 5.14. The molecule has 0 saturated carbocycles. The van der Waals surface area contributed by atoms with Crippen LogP contribution in [0, 0.1) is 5.92 Å². The molecule has 3 atom stereocenters. The highest BCUT2D eigenvalue weighted by Crippen LogP contribution is 2.23. The molecule has 0 aliphatic carbocycles. The molecule has 0 aromatic heterocycles. The number of hydrogen-bond donors (Lipinski definition) is 1. The van der Waals surface area contributed by atoms with E-state index in [9.17, 15) is 4.79 Å². The lowest BCUT2D eigenvalue weighted by Crippen LogP contribution is -2.44. The summed E-state index contributed by atoms with van der Waals surface area (Å²) in [5.74, 6) is 0.363. The van der Waals surface area contributed by atoms with Crippen LogP contribution >= 0.6 is 0 Å². The van der Waals surface area contributed by atoms with Crippen molar-refractivity contribution in [2.75, 3.05) is 26.2 Å². The number of carbonyl (C=O) groups is 1. The van der Waals surface area contributed by atoms with Crippen LogP contribution < -0.4 is 5.32 Å². The van der Waals surface area contributed by atoms with Crippen LogP contribution in [-0.4, -0.2) is 49.2 Å². The quantitative estimate of drug-likeness (QED) is 0.797. The first-order chi connectivity index (χ1) is 8.22. The molecule has 2 aliphatic rings. The largest absolute Gasteiger partial charge is 0.378 e. The first kappa shape index (κ1) is 12.8. The van der Waals surface area contributed by atoms with E-state index in [0.717, 1.165) is 32.7 Å². The van der Waals surface area contributed by atoms with Crippen molar-refractivity contribution in [3.8, 4) is 0 Å². The van der Waals surface area contributed by atoms with Crippen molar-refractivity contribution in [1.29, 1.82) is 0 Å². The van der Waals surface area contributed by atoms with Gasteiger partial charge in [0.1, 0.15) is 0 Å².